The van der Waals surface area contributed by atoms with E-state index < -0.39 is 0 Å². The number of hydrogen-bond donors (Lipinski definition) is 2. The Morgan fingerprint density at radius 2 is 2.19 bits per heavy atom. The molecule has 0 bridgehead atoms. The number of aryl methyl sites for hydroxylation is 1. The molecule has 90 valence electrons. The summed E-state index contributed by atoms with van der Waals surface area (Å²) in [7, 11) is 0. The van der Waals surface area contributed by atoms with Crippen LogP contribution in [0.15, 0.2) is 18.2 Å². The van der Waals surface area contributed by atoms with Gasteiger partial charge in [-0.15, -0.1) is 0 Å². The summed E-state index contributed by atoms with van der Waals surface area (Å²) in [6.45, 7) is 7.81. The average molecular weight is 223 g/mol. The minimum Gasteiger partial charge on any atom is -0.494 e. The second-order valence-corrected chi connectivity index (χ2v) is 4.02. The largest absolute Gasteiger partial charge is 0.494 e. The maximum Gasteiger partial charge on any atom is 0.123 e. The van der Waals surface area contributed by atoms with Gasteiger partial charge in [0.2, 0.25) is 0 Å². The smallest absolute Gasteiger partial charge is 0.123 e. The molecular formula is C13H21NO2. The van der Waals surface area contributed by atoms with E-state index in [0.717, 1.165) is 17.9 Å². The van der Waals surface area contributed by atoms with Crippen LogP contribution < -0.4 is 10.1 Å². The molecule has 0 heterocycles. The lowest BCUT2D eigenvalue weighted by Gasteiger charge is -2.12. The van der Waals surface area contributed by atoms with Gasteiger partial charge in [-0.1, -0.05) is 17.7 Å². The second-order valence-electron chi connectivity index (χ2n) is 4.02. The molecule has 0 aliphatic carbocycles. The van der Waals surface area contributed by atoms with E-state index in [2.05, 4.69) is 18.3 Å². The van der Waals surface area contributed by atoms with Gasteiger partial charge in [0.25, 0.3) is 0 Å². The van der Waals surface area contributed by atoms with Crippen molar-refractivity contribution in [3.05, 3.63) is 29.3 Å². The number of aliphatic hydroxyl groups excluding tert-OH is 1. The van der Waals surface area contributed by atoms with Crippen LogP contribution in [0.3, 0.4) is 0 Å². The van der Waals surface area contributed by atoms with Crippen molar-refractivity contribution in [1.82, 2.24) is 5.32 Å². The fourth-order valence-corrected chi connectivity index (χ4v) is 1.56. The normalized spacial score (nSPS) is 12.5. The number of aliphatic hydroxyl groups is 1. The monoisotopic (exact) mass is 223 g/mol. The van der Waals surface area contributed by atoms with Crippen LogP contribution in [-0.2, 0) is 6.54 Å². The number of benzene rings is 1. The van der Waals surface area contributed by atoms with Crippen molar-refractivity contribution in [3.63, 3.8) is 0 Å². The molecule has 0 aliphatic rings. The number of ether oxygens (including phenoxy) is 1. The molecule has 1 aromatic rings. The maximum absolute atomic E-state index is 9.16. The van der Waals surface area contributed by atoms with Gasteiger partial charge in [-0.25, -0.2) is 0 Å². The van der Waals surface area contributed by atoms with Gasteiger partial charge in [0.1, 0.15) is 5.75 Å². The Kier molecular flexibility index (Phi) is 5.29. The molecule has 2 N–H and O–H groups in total. The lowest BCUT2D eigenvalue weighted by atomic mass is 10.1. The molecule has 1 atom stereocenters. The van der Waals surface area contributed by atoms with Crippen LogP contribution in [0.25, 0.3) is 0 Å². The van der Waals surface area contributed by atoms with Crippen LogP contribution in [0.1, 0.15) is 25.0 Å². The van der Waals surface area contributed by atoms with E-state index in [1.807, 2.05) is 19.1 Å². The molecule has 0 saturated carbocycles. The van der Waals surface area contributed by atoms with Crippen molar-refractivity contribution in [2.75, 3.05) is 13.2 Å². The van der Waals surface area contributed by atoms with Crippen molar-refractivity contribution in [2.24, 2.45) is 0 Å². The molecule has 0 aromatic heterocycles. The summed E-state index contributed by atoms with van der Waals surface area (Å²) in [6, 6.07) is 6.15. The minimum atomic E-state index is -0.319. The fourth-order valence-electron chi connectivity index (χ4n) is 1.56. The Labute approximate surface area is 97.4 Å². The first-order valence-electron chi connectivity index (χ1n) is 5.74. The van der Waals surface area contributed by atoms with Gasteiger partial charge in [-0.3, -0.25) is 0 Å². The molecule has 1 rings (SSSR count). The van der Waals surface area contributed by atoms with Crippen LogP contribution in [-0.4, -0.2) is 24.4 Å². The van der Waals surface area contributed by atoms with Crippen molar-refractivity contribution < 1.29 is 9.84 Å². The molecule has 1 unspecified atom stereocenters. The Hall–Kier alpha value is -1.06. The van der Waals surface area contributed by atoms with Crippen molar-refractivity contribution in [1.29, 1.82) is 0 Å². The van der Waals surface area contributed by atoms with E-state index in [1.54, 1.807) is 6.92 Å². The standard InChI is InChI=1S/C13H21NO2/c1-4-16-13-6-5-10(2)7-12(13)9-14-8-11(3)15/h5-7,11,14-15H,4,8-9H2,1-3H3. The Balaban J connectivity index is 2.64. The average Bonchev–Trinajstić information content (AvgIpc) is 2.21. The van der Waals surface area contributed by atoms with Crippen molar-refractivity contribution in [2.45, 2.75) is 33.4 Å². The molecule has 16 heavy (non-hydrogen) atoms. The summed E-state index contributed by atoms with van der Waals surface area (Å²) in [5.41, 5.74) is 2.36. The third kappa shape index (κ3) is 4.21. The van der Waals surface area contributed by atoms with E-state index in [9.17, 15) is 0 Å². The molecule has 3 heteroatoms. The minimum absolute atomic E-state index is 0.319. The molecular weight excluding hydrogens is 202 g/mol. The third-order valence-electron chi connectivity index (χ3n) is 2.27. The van der Waals surface area contributed by atoms with E-state index in [-0.39, 0.29) is 6.10 Å². The van der Waals surface area contributed by atoms with Gasteiger partial charge in [0, 0.05) is 18.7 Å². The fraction of sp³-hybridized carbons (Fsp3) is 0.538. The maximum atomic E-state index is 9.16. The summed E-state index contributed by atoms with van der Waals surface area (Å²) in [4.78, 5) is 0. The van der Waals surface area contributed by atoms with Gasteiger partial charge in [-0.2, -0.15) is 0 Å². The summed E-state index contributed by atoms with van der Waals surface area (Å²) in [6.07, 6.45) is -0.319. The zero-order valence-corrected chi connectivity index (χ0v) is 10.3. The van der Waals surface area contributed by atoms with E-state index in [0.29, 0.717) is 13.2 Å². The van der Waals surface area contributed by atoms with Gasteiger partial charge in [-0.05, 0) is 26.8 Å². The SMILES string of the molecule is CCOc1ccc(C)cc1CNCC(C)O. The lowest BCUT2D eigenvalue weighted by molar-refractivity contribution is 0.190. The first kappa shape index (κ1) is 13.0. The number of nitrogens with one attached hydrogen (secondary N) is 1. The Bertz CT molecular complexity index is 324. The highest BCUT2D eigenvalue weighted by Crippen LogP contribution is 2.19. The summed E-state index contributed by atoms with van der Waals surface area (Å²) < 4.78 is 5.55. The molecule has 0 fully saturated rings. The van der Waals surface area contributed by atoms with Crippen molar-refractivity contribution >= 4 is 0 Å². The molecule has 1 aromatic carbocycles. The van der Waals surface area contributed by atoms with Gasteiger partial charge < -0.3 is 15.2 Å². The Morgan fingerprint density at radius 3 is 2.81 bits per heavy atom. The van der Waals surface area contributed by atoms with Crippen LogP contribution in [0.2, 0.25) is 0 Å². The van der Waals surface area contributed by atoms with E-state index in [4.69, 9.17) is 9.84 Å². The highest BCUT2D eigenvalue weighted by atomic mass is 16.5. The van der Waals surface area contributed by atoms with Crippen LogP contribution in [0, 0.1) is 6.92 Å². The van der Waals surface area contributed by atoms with Crippen LogP contribution >= 0.6 is 0 Å². The summed E-state index contributed by atoms with van der Waals surface area (Å²) in [5, 5.41) is 12.4. The first-order chi connectivity index (χ1) is 7.63. The zero-order chi connectivity index (χ0) is 12.0. The molecule has 0 aliphatic heterocycles. The lowest BCUT2D eigenvalue weighted by Crippen LogP contribution is -2.24. The number of rotatable bonds is 6. The topological polar surface area (TPSA) is 41.5 Å². The predicted octanol–water partition coefficient (Wildman–Crippen LogP) is 1.86. The quantitative estimate of drug-likeness (QED) is 0.773. The van der Waals surface area contributed by atoms with Gasteiger partial charge in [0.05, 0.1) is 12.7 Å². The predicted molar refractivity (Wildman–Crippen MR) is 65.7 cm³/mol. The van der Waals surface area contributed by atoms with Crippen molar-refractivity contribution in [3.8, 4) is 5.75 Å². The highest BCUT2D eigenvalue weighted by molar-refractivity contribution is 5.36. The third-order valence-corrected chi connectivity index (χ3v) is 2.27. The summed E-state index contributed by atoms with van der Waals surface area (Å²) in [5.74, 6) is 0.922. The van der Waals surface area contributed by atoms with E-state index in [1.165, 1.54) is 5.56 Å². The van der Waals surface area contributed by atoms with Crippen LogP contribution in [0.4, 0.5) is 0 Å². The van der Waals surface area contributed by atoms with Crippen LogP contribution in [0.5, 0.6) is 5.75 Å². The zero-order valence-electron chi connectivity index (χ0n) is 10.3. The molecule has 0 spiro atoms. The first-order valence-corrected chi connectivity index (χ1v) is 5.74. The second kappa shape index (κ2) is 6.51. The molecule has 0 amide bonds. The molecule has 0 saturated heterocycles. The van der Waals surface area contributed by atoms with E-state index >= 15 is 0 Å². The highest BCUT2D eigenvalue weighted by Gasteiger charge is 2.04. The van der Waals surface area contributed by atoms with Gasteiger partial charge in [0.15, 0.2) is 0 Å². The molecule has 0 radical (unpaired) electrons. The molecule has 3 nitrogen and oxygen atoms in total. The number of hydrogen-bond acceptors (Lipinski definition) is 3. The summed E-state index contributed by atoms with van der Waals surface area (Å²) >= 11 is 0. The Morgan fingerprint density at radius 1 is 1.44 bits per heavy atom. The van der Waals surface area contributed by atoms with Gasteiger partial charge >= 0.3 is 0 Å².